The van der Waals surface area contributed by atoms with E-state index in [0.717, 1.165) is 0 Å². The first-order valence-electron chi connectivity index (χ1n) is 6.83. The molecule has 0 amide bonds. The van der Waals surface area contributed by atoms with Crippen molar-refractivity contribution in [3.63, 3.8) is 0 Å². The number of para-hydroxylation sites is 1. The van der Waals surface area contributed by atoms with E-state index in [9.17, 15) is 14.4 Å². The summed E-state index contributed by atoms with van der Waals surface area (Å²) in [6, 6.07) is 9.64. The van der Waals surface area contributed by atoms with Gasteiger partial charge in [0.2, 0.25) is 5.43 Å². The van der Waals surface area contributed by atoms with Crippen LogP contribution < -0.4 is 14.9 Å². The van der Waals surface area contributed by atoms with Crippen LogP contribution in [0.2, 0.25) is 0 Å². The van der Waals surface area contributed by atoms with Gasteiger partial charge in [0.1, 0.15) is 16.6 Å². The monoisotopic (exact) mass is 312 g/mol. The third-order valence-corrected chi connectivity index (χ3v) is 3.16. The van der Waals surface area contributed by atoms with E-state index in [-0.39, 0.29) is 27.9 Å². The van der Waals surface area contributed by atoms with Crippen LogP contribution in [0, 0.1) is 0 Å². The van der Waals surface area contributed by atoms with E-state index in [1.165, 1.54) is 26.0 Å². The Kier molecular flexibility index (Phi) is 3.57. The summed E-state index contributed by atoms with van der Waals surface area (Å²) in [5.41, 5.74) is 0.284. The lowest BCUT2D eigenvalue weighted by Gasteiger charge is -2.11. The molecule has 0 N–H and O–H groups in total. The SMILES string of the molecule is CC(=O)Oc1ccc2oc3ccccc3c(=O)c2c1OC(C)=O. The third-order valence-electron chi connectivity index (χ3n) is 3.16. The van der Waals surface area contributed by atoms with Crippen molar-refractivity contribution in [1.29, 1.82) is 0 Å². The molecule has 23 heavy (non-hydrogen) atoms. The Hall–Kier alpha value is -3.15. The first-order valence-corrected chi connectivity index (χ1v) is 6.83. The number of carbonyl (C=O) groups excluding carboxylic acids is 2. The Morgan fingerprint density at radius 1 is 0.913 bits per heavy atom. The molecule has 1 heterocycles. The minimum atomic E-state index is -0.640. The average molecular weight is 312 g/mol. The molecule has 0 radical (unpaired) electrons. The van der Waals surface area contributed by atoms with Crippen LogP contribution in [0.25, 0.3) is 21.9 Å². The summed E-state index contributed by atoms with van der Waals surface area (Å²) in [6.45, 7) is 2.41. The van der Waals surface area contributed by atoms with Gasteiger partial charge >= 0.3 is 11.9 Å². The van der Waals surface area contributed by atoms with E-state index >= 15 is 0 Å². The maximum Gasteiger partial charge on any atom is 0.308 e. The maximum absolute atomic E-state index is 12.7. The summed E-state index contributed by atoms with van der Waals surface area (Å²) in [6.07, 6.45) is 0. The van der Waals surface area contributed by atoms with Gasteiger partial charge in [0.15, 0.2) is 11.5 Å². The van der Waals surface area contributed by atoms with Crippen molar-refractivity contribution in [2.24, 2.45) is 0 Å². The fraction of sp³-hybridized carbons (Fsp3) is 0.118. The molecule has 0 aliphatic carbocycles. The molecule has 0 atom stereocenters. The van der Waals surface area contributed by atoms with E-state index < -0.39 is 11.9 Å². The Labute approximate surface area is 130 Å². The fourth-order valence-corrected chi connectivity index (χ4v) is 2.32. The molecule has 0 saturated heterocycles. The lowest BCUT2D eigenvalue weighted by Crippen LogP contribution is -2.11. The number of ether oxygens (including phenoxy) is 2. The van der Waals surface area contributed by atoms with Crippen LogP contribution in [0.5, 0.6) is 11.5 Å². The lowest BCUT2D eigenvalue weighted by atomic mass is 10.1. The van der Waals surface area contributed by atoms with E-state index in [0.29, 0.717) is 11.0 Å². The van der Waals surface area contributed by atoms with E-state index in [1.807, 2.05) is 0 Å². The molecule has 0 unspecified atom stereocenters. The normalized spacial score (nSPS) is 10.7. The van der Waals surface area contributed by atoms with Crippen molar-refractivity contribution >= 4 is 33.9 Å². The number of esters is 2. The van der Waals surface area contributed by atoms with Crippen LogP contribution in [0.15, 0.2) is 45.6 Å². The highest BCUT2D eigenvalue weighted by atomic mass is 16.6. The summed E-state index contributed by atoms with van der Waals surface area (Å²) in [5.74, 6) is -1.37. The fourth-order valence-electron chi connectivity index (χ4n) is 2.32. The molecule has 0 aliphatic rings. The Balaban J connectivity index is 2.42. The number of carbonyl (C=O) groups is 2. The Morgan fingerprint density at radius 2 is 1.61 bits per heavy atom. The highest BCUT2D eigenvalue weighted by Gasteiger charge is 2.19. The summed E-state index contributed by atoms with van der Waals surface area (Å²) < 4.78 is 15.8. The van der Waals surface area contributed by atoms with Crippen LogP contribution in [0.4, 0.5) is 0 Å². The molecule has 6 heteroatoms. The first-order chi connectivity index (χ1) is 11.0. The molecule has 3 rings (SSSR count). The van der Waals surface area contributed by atoms with Crippen LogP contribution in [0.1, 0.15) is 13.8 Å². The van der Waals surface area contributed by atoms with Gasteiger partial charge in [-0.05, 0) is 24.3 Å². The zero-order valence-electron chi connectivity index (χ0n) is 12.4. The van der Waals surface area contributed by atoms with Crippen molar-refractivity contribution in [3.05, 3.63) is 46.6 Å². The Bertz CT molecular complexity index is 999. The minimum Gasteiger partial charge on any atom is -0.456 e. The lowest BCUT2D eigenvalue weighted by molar-refractivity contribution is -0.134. The second-order valence-corrected chi connectivity index (χ2v) is 4.88. The second kappa shape index (κ2) is 5.57. The second-order valence-electron chi connectivity index (χ2n) is 4.88. The first kappa shape index (κ1) is 14.8. The predicted molar refractivity (Wildman–Crippen MR) is 82.6 cm³/mol. The molecule has 0 aliphatic heterocycles. The summed E-state index contributed by atoms with van der Waals surface area (Å²) in [5, 5.41) is 0.394. The van der Waals surface area contributed by atoms with Gasteiger partial charge in [0.25, 0.3) is 0 Å². The molecule has 0 bridgehead atoms. The number of hydrogen-bond acceptors (Lipinski definition) is 6. The topological polar surface area (TPSA) is 82.8 Å². The number of hydrogen-bond donors (Lipinski definition) is 0. The molecule has 0 fully saturated rings. The standard InChI is InChI=1S/C17H12O6/c1-9(18)21-14-8-7-13-15(17(14)22-10(2)19)16(20)11-5-3-4-6-12(11)23-13/h3-8H,1-2H3. The maximum atomic E-state index is 12.7. The average Bonchev–Trinajstić information content (AvgIpc) is 2.49. The molecule has 3 aromatic rings. The molecule has 1 aromatic heterocycles. The van der Waals surface area contributed by atoms with Crippen molar-refractivity contribution in [3.8, 4) is 11.5 Å². The van der Waals surface area contributed by atoms with Crippen molar-refractivity contribution < 1.29 is 23.5 Å². The number of rotatable bonds is 2. The van der Waals surface area contributed by atoms with E-state index in [1.54, 1.807) is 24.3 Å². The van der Waals surface area contributed by atoms with Gasteiger partial charge in [-0.3, -0.25) is 14.4 Å². The molecule has 116 valence electrons. The molecule has 2 aromatic carbocycles. The summed E-state index contributed by atoms with van der Waals surface area (Å²) in [7, 11) is 0. The predicted octanol–water partition coefficient (Wildman–Crippen LogP) is 2.80. The quantitative estimate of drug-likeness (QED) is 0.411. The number of benzene rings is 2. The van der Waals surface area contributed by atoms with Crippen molar-refractivity contribution in [2.75, 3.05) is 0 Å². The summed E-state index contributed by atoms with van der Waals surface area (Å²) >= 11 is 0. The van der Waals surface area contributed by atoms with E-state index in [4.69, 9.17) is 13.9 Å². The largest absolute Gasteiger partial charge is 0.456 e. The van der Waals surface area contributed by atoms with Gasteiger partial charge in [0.05, 0.1) is 5.39 Å². The summed E-state index contributed by atoms with van der Waals surface area (Å²) in [4.78, 5) is 35.3. The van der Waals surface area contributed by atoms with Crippen LogP contribution in [-0.4, -0.2) is 11.9 Å². The van der Waals surface area contributed by atoms with Gasteiger partial charge in [-0.25, -0.2) is 0 Å². The molecular weight excluding hydrogens is 300 g/mol. The smallest absolute Gasteiger partial charge is 0.308 e. The van der Waals surface area contributed by atoms with Gasteiger partial charge in [-0.2, -0.15) is 0 Å². The Morgan fingerprint density at radius 3 is 2.30 bits per heavy atom. The third kappa shape index (κ3) is 2.66. The molecule has 0 spiro atoms. The van der Waals surface area contributed by atoms with Gasteiger partial charge in [0, 0.05) is 13.8 Å². The van der Waals surface area contributed by atoms with Crippen LogP contribution >= 0.6 is 0 Å². The van der Waals surface area contributed by atoms with Gasteiger partial charge in [-0.1, -0.05) is 12.1 Å². The number of fused-ring (bicyclic) bond motifs is 2. The highest BCUT2D eigenvalue weighted by molar-refractivity contribution is 5.96. The zero-order chi connectivity index (χ0) is 16.6. The zero-order valence-corrected chi connectivity index (χ0v) is 12.4. The molecule has 0 saturated carbocycles. The van der Waals surface area contributed by atoms with Crippen LogP contribution in [0.3, 0.4) is 0 Å². The molecule has 6 nitrogen and oxygen atoms in total. The van der Waals surface area contributed by atoms with Crippen molar-refractivity contribution in [2.45, 2.75) is 13.8 Å². The van der Waals surface area contributed by atoms with E-state index in [2.05, 4.69) is 0 Å². The van der Waals surface area contributed by atoms with Crippen LogP contribution in [-0.2, 0) is 9.59 Å². The minimum absolute atomic E-state index is 0.0113. The van der Waals surface area contributed by atoms with Gasteiger partial charge in [-0.15, -0.1) is 0 Å². The highest BCUT2D eigenvalue weighted by Crippen LogP contribution is 2.35. The molecular formula is C17H12O6. The van der Waals surface area contributed by atoms with Gasteiger partial charge < -0.3 is 13.9 Å². The van der Waals surface area contributed by atoms with Crippen molar-refractivity contribution in [1.82, 2.24) is 0 Å².